The summed E-state index contributed by atoms with van der Waals surface area (Å²) in [5.74, 6) is -1.41. The lowest BCUT2D eigenvalue weighted by Crippen LogP contribution is -2.30. The van der Waals surface area contributed by atoms with Gasteiger partial charge in [0, 0.05) is 25.7 Å². The van der Waals surface area contributed by atoms with E-state index in [0.29, 0.717) is 31.6 Å². The number of aliphatic hydroxyl groups is 1. The van der Waals surface area contributed by atoms with Gasteiger partial charge in [-0.1, -0.05) is 324 Å². The van der Waals surface area contributed by atoms with E-state index in [1.54, 1.807) is 0 Å². The maximum absolute atomic E-state index is 13.0. The van der Waals surface area contributed by atoms with Crippen LogP contribution in [0.25, 0.3) is 0 Å². The summed E-state index contributed by atoms with van der Waals surface area (Å²) in [5, 5.41) is 10.6. The maximum Gasteiger partial charge on any atom is 0.472 e. The van der Waals surface area contributed by atoms with Crippen molar-refractivity contribution in [2.75, 3.05) is 39.6 Å². The van der Waals surface area contributed by atoms with Crippen LogP contribution in [0.15, 0.2) is 0 Å². The minimum Gasteiger partial charge on any atom is -0.462 e. The molecule has 3 N–H and O–H groups in total. The smallest absolute Gasteiger partial charge is 0.462 e. The predicted octanol–water partition coefficient (Wildman–Crippen LogP) is 20.9. The van der Waals surface area contributed by atoms with Crippen molar-refractivity contribution in [3.63, 3.8) is 0 Å². The molecular weight excluding hydrogens is 1200 g/mol. The number of aliphatic hydroxyl groups excluding tert-OH is 1. The van der Waals surface area contributed by atoms with Crippen LogP contribution >= 0.6 is 15.6 Å². The highest BCUT2D eigenvalue weighted by Crippen LogP contribution is 2.45. The van der Waals surface area contributed by atoms with Gasteiger partial charge in [-0.25, -0.2) is 9.13 Å². The van der Waals surface area contributed by atoms with Gasteiger partial charge in [-0.3, -0.25) is 37.3 Å². The van der Waals surface area contributed by atoms with Crippen LogP contribution in [0.3, 0.4) is 0 Å². The Morgan fingerprint density at radius 1 is 0.297 bits per heavy atom. The van der Waals surface area contributed by atoms with Gasteiger partial charge in [0.1, 0.15) is 19.3 Å². The van der Waals surface area contributed by atoms with E-state index < -0.39 is 97.5 Å². The number of carbonyl (C=O) groups excluding carboxylic acids is 4. The first-order valence-corrected chi connectivity index (χ1v) is 40.6. The van der Waals surface area contributed by atoms with E-state index in [1.165, 1.54) is 193 Å². The van der Waals surface area contributed by atoms with Crippen LogP contribution in [-0.4, -0.2) is 96.7 Å². The lowest BCUT2D eigenvalue weighted by atomic mass is 10.0. The molecule has 0 heterocycles. The molecule has 0 bridgehead atoms. The van der Waals surface area contributed by atoms with Crippen molar-refractivity contribution >= 4 is 39.5 Å². The summed E-state index contributed by atoms with van der Waals surface area (Å²) in [6.07, 6.45) is 52.7. The number of unbranched alkanes of at least 4 members (excludes halogenated alkanes) is 44. The topological polar surface area (TPSA) is 237 Å². The Morgan fingerprint density at radius 3 is 0.747 bits per heavy atom. The van der Waals surface area contributed by atoms with Gasteiger partial charge >= 0.3 is 39.5 Å². The first kappa shape index (κ1) is 89.1. The summed E-state index contributed by atoms with van der Waals surface area (Å²) in [6.45, 7) is 7.21. The lowest BCUT2D eigenvalue weighted by Gasteiger charge is -2.21. The first-order chi connectivity index (χ1) is 44.0. The zero-order valence-electron chi connectivity index (χ0n) is 59.0. The van der Waals surface area contributed by atoms with Crippen molar-refractivity contribution < 1.29 is 80.2 Å². The average Bonchev–Trinajstić information content (AvgIpc) is 3.63. The highest BCUT2D eigenvalue weighted by molar-refractivity contribution is 7.47. The van der Waals surface area contributed by atoms with Crippen LogP contribution in [0.5, 0.6) is 0 Å². The van der Waals surface area contributed by atoms with Crippen molar-refractivity contribution in [1.29, 1.82) is 0 Å². The van der Waals surface area contributed by atoms with Gasteiger partial charge in [0.05, 0.1) is 26.4 Å². The second-order valence-corrected chi connectivity index (χ2v) is 29.4. The third kappa shape index (κ3) is 66.5. The Morgan fingerprint density at radius 2 is 0.505 bits per heavy atom. The van der Waals surface area contributed by atoms with E-state index in [9.17, 15) is 43.2 Å². The van der Waals surface area contributed by atoms with Crippen LogP contribution in [0.1, 0.15) is 375 Å². The monoisotopic (exact) mass is 1340 g/mol. The molecule has 5 atom stereocenters. The largest absolute Gasteiger partial charge is 0.472 e. The van der Waals surface area contributed by atoms with Crippen LogP contribution in [0.2, 0.25) is 0 Å². The van der Waals surface area contributed by atoms with Crippen LogP contribution in [0, 0.1) is 5.92 Å². The van der Waals surface area contributed by atoms with Gasteiger partial charge in [-0.15, -0.1) is 0 Å². The Kier molecular flexibility index (Phi) is 64.0. The Bertz CT molecular complexity index is 1750. The van der Waals surface area contributed by atoms with Crippen molar-refractivity contribution in [3.05, 3.63) is 0 Å². The van der Waals surface area contributed by atoms with Gasteiger partial charge in [0.25, 0.3) is 0 Å². The van der Waals surface area contributed by atoms with Gasteiger partial charge in [-0.2, -0.15) is 0 Å². The molecule has 19 heteroatoms. The predicted molar refractivity (Wildman–Crippen MR) is 368 cm³/mol. The molecule has 0 aromatic rings. The molecule has 0 aromatic carbocycles. The molecule has 0 spiro atoms. The molecular formula is C72H140O17P2. The van der Waals surface area contributed by atoms with Crippen molar-refractivity contribution in [1.82, 2.24) is 0 Å². The average molecular weight is 1340 g/mol. The SMILES string of the molecule is CCCCCCCCCCCCCCCCCC(=O)OC[C@H](COP(=O)(O)OC[C@@H](O)COP(=O)(O)OC[C@@H](COC(=O)CCCCCCCCCC(C)C)OC(=O)CCCCCCCCCCCCC)OC(=O)CCCCCCCCCCCCCCCCC. The molecule has 0 aliphatic heterocycles. The molecule has 0 aromatic heterocycles. The molecule has 0 aliphatic rings. The van der Waals surface area contributed by atoms with Crippen LogP contribution in [-0.2, 0) is 65.4 Å². The highest BCUT2D eigenvalue weighted by atomic mass is 31.2. The minimum absolute atomic E-state index is 0.106. The van der Waals surface area contributed by atoms with Crippen molar-refractivity contribution in [2.45, 2.75) is 393 Å². The molecule has 0 amide bonds. The zero-order valence-corrected chi connectivity index (χ0v) is 60.8. The summed E-state index contributed by atoms with van der Waals surface area (Å²) in [4.78, 5) is 72.6. The number of hydrogen-bond donors (Lipinski definition) is 3. The molecule has 0 saturated heterocycles. The molecule has 91 heavy (non-hydrogen) atoms. The quantitative estimate of drug-likeness (QED) is 0.0222. The van der Waals surface area contributed by atoms with Gasteiger partial charge in [0.15, 0.2) is 12.2 Å². The molecule has 2 unspecified atom stereocenters. The van der Waals surface area contributed by atoms with Crippen LogP contribution < -0.4 is 0 Å². The Balaban J connectivity index is 5.24. The van der Waals surface area contributed by atoms with E-state index in [0.717, 1.165) is 96.3 Å². The zero-order chi connectivity index (χ0) is 67.0. The molecule has 0 saturated carbocycles. The minimum atomic E-state index is -4.95. The van der Waals surface area contributed by atoms with Gasteiger partial charge in [0.2, 0.25) is 0 Å². The molecule has 17 nitrogen and oxygen atoms in total. The Labute approximate surface area is 556 Å². The third-order valence-electron chi connectivity index (χ3n) is 16.8. The number of esters is 4. The fraction of sp³-hybridized carbons (Fsp3) is 0.944. The lowest BCUT2D eigenvalue weighted by molar-refractivity contribution is -0.161. The standard InChI is InChI=1S/C72H140O17P2/c1-6-9-12-15-18-21-24-26-28-30-33-35-40-45-50-55-69(74)82-61-67(88-72(77)58-53-48-42-37-34-31-29-27-25-22-19-16-13-10-7-2)63-86-90(78,79)84-59-66(73)60-85-91(80,81)87-64-68(62-83-70(75)56-51-46-43-38-39-44-49-54-65(4)5)89-71(76)57-52-47-41-36-32-23-20-17-14-11-8-3/h65-68,73H,6-64H2,1-5H3,(H,78,79)(H,80,81)/t66-,67-,68-/m1/s1. The number of carbonyl (C=O) groups is 4. The van der Waals surface area contributed by atoms with E-state index >= 15 is 0 Å². The van der Waals surface area contributed by atoms with E-state index in [1.807, 2.05) is 0 Å². The summed E-state index contributed by atoms with van der Waals surface area (Å²) in [5.41, 5.74) is 0. The second-order valence-electron chi connectivity index (χ2n) is 26.5. The fourth-order valence-electron chi connectivity index (χ4n) is 11.0. The molecule has 0 rings (SSSR count). The first-order valence-electron chi connectivity index (χ1n) is 37.6. The number of phosphoric acid groups is 2. The number of hydrogen-bond acceptors (Lipinski definition) is 15. The van der Waals surface area contributed by atoms with Crippen LogP contribution in [0.4, 0.5) is 0 Å². The van der Waals surface area contributed by atoms with E-state index in [4.69, 9.17) is 37.0 Å². The fourth-order valence-corrected chi connectivity index (χ4v) is 12.6. The highest BCUT2D eigenvalue weighted by Gasteiger charge is 2.30. The van der Waals surface area contributed by atoms with Gasteiger partial charge in [-0.05, 0) is 31.6 Å². The number of phosphoric ester groups is 2. The molecule has 0 fully saturated rings. The Hall–Kier alpha value is -1.94. The van der Waals surface area contributed by atoms with E-state index in [2.05, 4.69) is 34.6 Å². The maximum atomic E-state index is 13.0. The number of rotatable bonds is 72. The summed E-state index contributed by atoms with van der Waals surface area (Å²) in [6, 6.07) is 0. The third-order valence-corrected chi connectivity index (χ3v) is 18.7. The van der Waals surface area contributed by atoms with Gasteiger partial charge < -0.3 is 33.8 Å². The number of ether oxygens (including phenoxy) is 4. The second kappa shape index (κ2) is 65.4. The molecule has 540 valence electrons. The summed E-state index contributed by atoms with van der Waals surface area (Å²) >= 11 is 0. The molecule has 0 radical (unpaired) electrons. The van der Waals surface area contributed by atoms with Crippen molar-refractivity contribution in [2.24, 2.45) is 5.92 Å². The van der Waals surface area contributed by atoms with Crippen molar-refractivity contribution in [3.8, 4) is 0 Å². The molecule has 0 aliphatic carbocycles. The van der Waals surface area contributed by atoms with E-state index in [-0.39, 0.29) is 25.7 Å². The summed E-state index contributed by atoms with van der Waals surface area (Å²) in [7, 11) is -9.90. The normalized spacial score (nSPS) is 14.0. The summed E-state index contributed by atoms with van der Waals surface area (Å²) < 4.78 is 68.4.